The average molecular weight is 725 g/mol. The number of nitrogens with zero attached hydrogens (tertiary/aromatic N) is 4. The maximum atomic E-state index is 14.1. The van der Waals surface area contributed by atoms with Gasteiger partial charge in [0.15, 0.2) is 0 Å². The number of para-hydroxylation sites is 4. The number of carbonyl (C=O) groups is 1. The molecule has 0 bridgehead atoms. The minimum atomic E-state index is -0.0332. The summed E-state index contributed by atoms with van der Waals surface area (Å²) in [6.45, 7) is 1.19. The van der Waals surface area contributed by atoms with Crippen LogP contribution in [-0.2, 0) is 0 Å². The molecule has 0 unspecified atom stereocenters. The summed E-state index contributed by atoms with van der Waals surface area (Å²) in [7, 11) is 0. The first kappa shape index (κ1) is 34.4. The highest BCUT2D eigenvalue weighted by Crippen LogP contribution is 2.43. The Hall–Kier alpha value is -7.37. The van der Waals surface area contributed by atoms with Gasteiger partial charge >= 0.3 is 6.03 Å². The standard InChI is InChI=1S/C51H40N4O/c56-51-52(41-29-33-45(34-30-41)54(43-21-9-3-10-22-43)49-27-15-13-25-47(49)39-17-5-1-6-18-39)37-38-53(51)42-31-35-46(36-32-42)55(44-23-11-4-12-24-44)50-28-16-14-26-48(50)40-19-7-2-8-20-40/h1-36H,37-38H2. The SMILES string of the molecule is O=C1N(c2ccc(N(c3ccccc3)c3ccccc3-c3ccccc3)cc2)CCN1c1ccc(N(c2ccccc2)c2ccccc2-c2ccccc2)cc1. The molecule has 0 aromatic heterocycles. The van der Waals surface area contributed by atoms with Crippen LogP contribution in [0.1, 0.15) is 0 Å². The lowest BCUT2D eigenvalue weighted by Crippen LogP contribution is -2.31. The molecule has 56 heavy (non-hydrogen) atoms. The lowest BCUT2D eigenvalue weighted by Gasteiger charge is -2.28. The first-order chi connectivity index (χ1) is 27.7. The van der Waals surface area contributed by atoms with Gasteiger partial charge in [0.25, 0.3) is 0 Å². The van der Waals surface area contributed by atoms with Gasteiger partial charge in [0.05, 0.1) is 11.4 Å². The Bertz CT molecular complexity index is 2360. The van der Waals surface area contributed by atoms with Crippen LogP contribution in [0.5, 0.6) is 0 Å². The fraction of sp³-hybridized carbons (Fsp3) is 0.0392. The third-order valence-electron chi connectivity index (χ3n) is 10.3. The molecule has 9 rings (SSSR count). The zero-order valence-corrected chi connectivity index (χ0v) is 30.9. The number of carbonyl (C=O) groups excluding carboxylic acids is 1. The van der Waals surface area contributed by atoms with Crippen molar-refractivity contribution < 1.29 is 4.79 Å². The molecule has 5 nitrogen and oxygen atoms in total. The molecule has 0 aliphatic carbocycles. The molecule has 0 N–H and O–H groups in total. The number of hydrogen-bond acceptors (Lipinski definition) is 3. The van der Waals surface area contributed by atoms with E-state index in [1.54, 1.807) is 0 Å². The number of urea groups is 1. The van der Waals surface area contributed by atoms with Gasteiger partial charge < -0.3 is 9.80 Å². The van der Waals surface area contributed by atoms with Crippen molar-refractivity contribution >= 4 is 51.5 Å². The van der Waals surface area contributed by atoms with E-state index in [2.05, 4.69) is 204 Å². The van der Waals surface area contributed by atoms with E-state index in [1.807, 2.05) is 34.1 Å². The summed E-state index contributed by atoms with van der Waals surface area (Å²) in [5, 5.41) is 0. The maximum absolute atomic E-state index is 14.1. The summed E-state index contributed by atoms with van der Waals surface area (Å²) >= 11 is 0. The Morgan fingerprint density at radius 3 is 1.00 bits per heavy atom. The molecular formula is C51H40N4O. The van der Waals surface area contributed by atoms with Gasteiger partial charge in [-0.2, -0.15) is 0 Å². The van der Waals surface area contributed by atoms with Gasteiger partial charge in [0, 0.05) is 58.3 Å². The molecule has 8 aromatic carbocycles. The summed E-state index contributed by atoms with van der Waals surface area (Å²) in [5.41, 5.74) is 12.6. The van der Waals surface area contributed by atoms with Crippen molar-refractivity contribution in [1.82, 2.24) is 0 Å². The molecule has 8 aromatic rings. The molecule has 1 heterocycles. The third kappa shape index (κ3) is 6.78. The highest BCUT2D eigenvalue weighted by atomic mass is 16.2. The molecule has 1 aliphatic heterocycles. The second-order valence-corrected chi connectivity index (χ2v) is 13.7. The van der Waals surface area contributed by atoms with Gasteiger partial charge in [-0.25, -0.2) is 4.79 Å². The van der Waals surface area contributed by atoms with Crippen molar-refractivity contribution in [2.24, 2.45) is 0 Å². The molecule has 270 valence electrons. The molecular weight excluding hydrogens is 685 g/mol. The lowest BCUT2D eigenvalue weighted by atomic mass is 10.0. The summed E-state index contributed by atoms with van der Waals surface area (Å²) < 4.78 is 0. The Morgan fingerprint density at radius 2 is 0.625 bits per heavy atom. The molecule has 2 amide bonds. The van der Waals surface area contributed by atoms with Crippen LogP contribution in [0, 0.1) is 0 Å². The Balaban J connectivity index is 0.988. The van der Waals surface area contributed by atoms with Crippen LogP contribution in [-0.4, -0.2) is 19.1 Å². The van der Waals surface area contributed by atoms with Crippen LogP contribution < -0.4 is 19.6 Å². The highest BCUT2D eigenvalue weighted by Gasteiger charge is 2.31. The van der Waals surface area contributed by atoms with Crippen LogP contribution in [0.15, 0.2) is 218 Å². The van der Waals surface area contributed by atoms with E-state index in [4.69, 9.17) is 0 Å². The zero-order valence-electron chi connectivity index (χ0n) is 30.9. The number of amides is 2. The largest absolute Gasteiger partial charge is 0.329 e. The van der Waals surface area contributed by atoms with Gasteiger partial charge in [-0.3, -0.25) is 9.80 Å². The first-order valence-electron chi connectivity index (χ1n) is 19.0. The van der Waals surface area contributed by atoms with Crippen molar-refractivity contribution in [3.63, 3.8) is 0 Å². The van der Waals surface area contributed by atoms with Crippen molar-refractivity contribution in [3.05, 3.63) is 218 Å². The molecule has 1 saturated heterocycles. The van der Waals surface area contributed by atoms with Crippen LogP contribution in [0.4, 0.5) is 50.3 Å². The van der Waals surface area contributed by atoms with Gasteiger partial charge in [-0.1, -0.05) is 133 Å². The summed E-state index contributed by atoms with van der Waals surface area (Å²) in [6.07, 6.45) is 0. The number of anilines is 8. The van der Waals surface area contributed by atoms with E-state index in [1.165, 1.54) is 0 Å². The predicted molar refractivity (Wildman–Crippen MR) is 233 cm³/mol. The zero-order chi connectivity index (χ0) is 37.7. The molecule has 0 spiro atoms. The van der Waals surface area contributed by atoms with Crippen molar-refractivity contribution in [2.45, 2.75) is 0 Å². The van der Waals surface area contributed by atoms with Gasteiger partial charge in [-0.15, -0.1) is 0 Å². The Labute approximate surface area is 328 Å². The third-order valence-corrected chi connectivity index (χ3v) is 10.3. The Morgan fingerprint density at radius 1 is 0.321 bits per heavy atom. The molecule has 5 heteroatoms. The normalized spacial score (nSPS) is 12.5. The summed E-state index contributed by atoms with van der Waals surface area (Å²) in [5.74, 6) is 0. The average Bonchev–Trinajstić information content (AvgIpc) is 3.67. The quantitative estimate of drug-likeness (QED) is 0.141. The van der Waals surface area contributed by atoms with E-state index >= 15 is 0 Å². The summed E-state index contributed by atoms with van der Waals surface area (Å²) in [6, 6.07) is 75.5. The fourth-order valence-electron chi connectivity index (χ4n) is 7.65. The minimum absolute atomic E-state index is 0.0332. The molecule has 1 fully saturated rings. The molecule has 0 atom stereocenters. The Kier molecular flexibility index (Phi) is 9.55. The van der Waals surface area contributed by atoms with Gasteiger partial charge in [0.1, 0.15) is 0 Å². The topological polar surface area (TPSA) is 30.0 Å². The molecule has 0 radical (unpaired) electrons. The maximum Gasteiger partial charge on any atom is 0.329 e. The second-order valence-electron chi connectivity index (χ2n) is 13.7. The number of benzene rings is 8. The van der Waals surface area contributed by atoms with E-state index in [-0.39, 0.29) is 6.03 Å². The fourth-order valence-corrected chi connectivity index (χ4v) is 7.65. The van der Waals surface area contributed by atoms with Crippen LogP contribution in [0.2, 0.25) is 0 Å². The van der Waals surface area contributed by atoms with Crippen LogP contribution in [0.25, 0.3) is 22.3 Å². The van der Waals surface area contributed by atoms with E-state index in [0.29, 0.717) is 13.1 Å². The summed E-state index contributed by atoms with van der Waals surface area (Å²) in [4.78, 5) is 22.4. The minimum Gasteiger partial charge on any atom is -0.310 e. The predicted octanol–water partition coefficient (Wildman–Crippen LogP) is 13.4. The van der Waals surface area contributed by atoms with Crippen LogP contribution in [0.3, 0.4) is 0 Å². The molecule has 1 aliphatic rings. The van der Waals surface area contributed by atoms with Crippen molar-refractivity contribution in [3.8, 4) is 22.3 Å². The lowest BCUT2D eigenvalue weighted by molar-refractivity contribution is 0.256. The van der Waals surface area contributed by atoms with Gasteiger partial charge in [-0.05, 0) is 96.1 Å². The smallest absolute Gasteiger partial charge is 0.310 e. The van der Waals surface area contributed by atoms with Gasteiger partial charge in [0.2, 0.25) is 0 Å². The number of rotatable bonds is 10. The first-order valence-corrected chi connectivity index (χ1v) is 19.0. The van der Waals surface area contributed by atoms with E-state index in [0.717, 1.165) is 67.8 Å². The molecule has 0 saturated carbocycles. The number of hydrogen-bond donors (Lipinski definition) is 0. The van der Waals surface area contributed by atoms with E-state index < -0.39 is 0 Å². The second kappa shape index (κ2) is 15.5. The highest BCUT2D eigenvalue weighted by molar-refractivity contribution is 6.06. The van der Waals surface area contributed by atoms with E-state index in [9.17, 15) is 4.79 Å². The van der Waals surface area contributed by atoms with Crippen LogP contribution >= 0.6 is 0 Å². The monoisotopic (exact) mass is 724 g/mol. The van der Waals surface area contributed by atoms with Crippen molar-refractivity contribution in [1.29, 1.82) is 0 Å². The van der Waals surface area contributed by atoms with Crippen molar-refractivity contribution in [2.75, 3.05) is 32.7 Å².